The summed E-state index contributed by atoms with van der Waals surface area (Å²) in [4.78, 5) is 34.2. The second-order valence-electron chi connectivity index (χ2n) is 7.10. The van der Waals surface area contributed by atoms with Crippen LogP contribution < -0.4 is 16.2 Å². The fraction of sp³-hybridized carbons (Fsp3) is 0.333. The van der Waals surface area contributed by atoms with E-state index in [1.165, 1.54) is 12.2 Å². The molecule has 9 nitrogen and oxygen atoms in total. The van der Waals surface area contributed by atoms with Crippen molar-refractivity contribution in [2.24, 2.45) is 0 Å². The number of hydroxylamine groups is 2. The van der Waals surface area contributed by atoms with Gasteiger partial charge in [-0.05, 0) is 24.0 Å². The minimum Gasteiger partial charge on any atom is -0.359 e. The number of amides is 1. The number of carbonyl (C=O) groups is 1. The van der Waals surface area contributed by atoms with Crippen LogP contribution in [0.1, 0.15) is 12.6 Å². The molecule has 0 saturated heterocycles. The number of alkyl halides is 2. The van der Waals surface area contributed by atoms with Crippen LogP contribution in [0.5, 0.6) is 0 Å². The zero-order chi connectivity index (χ0) is 24.7. The maximum absolute atomic E-state index is 14.5. The molecule has 2 aromatic rings. The van der Waals surface area contributed by atoms with E-state index in [0.717, 1.165) is 27.5 Å². The van der Waals surface area contributed by atoms with Gasteiger partial charge < -0.3 is 10.6 Å². The summed E-state index contributed by atoms with van der Waals surface area (Å²) in [6.45, 7) is 0.631. The molecular weight excluding hydrogens is 490 g/mol. The molecule has 0 fully saturated rings. The van der Waals surface area contributed by atoms with Crippen molar-refractivity contribution in [1.29, 1.82) is 0 Å². The Labute approximate surface area is 203 Å². The van der Waals surface area contributed by atoms with Crippen LogP contribution in [0.4, 0.5) is 14.6 Å². The summed E-state index contributed by atoms with van der Waals surface area (Å²) in [5.74, 6) is -3.57. The molecule has 0 bridgehead atoms. The zero-order valence-corrected chi connectivity index (χ0v) is 19.7. The van der Waals surface area contributed by atoms with Gasteiger partial charge in [0.2, 0.25) is 5.91 Å². The van der Waals surface area contributed by atoms with E-state index in [0.29, 0.717) is 10.8 Å². The lowest BCUT2D eigenvalue weighted by molar-refractivity contribution is -0.121. The van der Waals surface area contributed by atoms with E-state index in [1.807, 2.05) is 13.0 Å². The van der Waals surface area contributed by atoms with Crippen LogP contribution in [0.2, 0.25) is 5.15 Å². The van der Waals surface area contributed by atoms with E-state index in [-0.39, 0.29) is 18.2 Å². The molecule has 1 amide bonds. The Kier molecular flexibility index (Phi) is 8.64. The van der Waals surface area contributed by atoms with Gasteiger partial charge in [-0.15, -0.1) is 11.8 Å². The Morgan fingerprint density at radius 2 is 2.18 bits per heavy atom. The standard InChI is InChI=1S/C21H23ClF2N6O3S/c1-2-34-15-6-5-8-25-14(15)10-26-18(31)12-29-17(22)11-27-19(20(29)32)28-13-21(23,24)16-7-3-4-9-30(16)33/h3-8,11,33H,2,9-10,12-13H2,1H3,(H,26,31)(H,27,28). The Hall–Kier alpha value is -2.96. The molecule has 1 aliphatic heterocycles. The number of hydrogen-bond acceptors (Lipinski definition) is 8. The molecule has 3 N–H and O–H groups in total. The normalized spacial score (nSPS) is 13.6. The topological polar surface area (TPSA) is 112 Å². The van der Waals surface area contributed by atoms with Gasteiger partial charge in [-0.2, -0.15) is 8.78 Å². The summed E-state index contributed by atoms with van der Waals surface area (Å²) in [7, 11) is 0. The molecule has 0 aliphatic carbocycles. The number of thioether (sulfide) groups is 1. The van der Waals surface area contributed by atoms with Gasteiger partial charge in [0.1, 0.15) is 17.4 Å². The molecule has 2 aromatic heterocycles. The molecule has 1 aliphatic rings. The summed E-state index contributed by atoms with van der Waals surface area (Å²) in [6, 6.07) is 3.70. The first-order chi connectivity index (χ1) is 16.2. The second kappa shape index (κ2) is 11.4. The molecule has 0 unspecified atom stereocenters. The van der Waals surface area contributed by atoms with Crippen LogP contribution in [0.15, 0.2) is 58.1 Å². The molecule has 0 radical (unpaired) electrons. The third kappa shape index (κ3) is 6.33. The van der Waals surface area contributed by atoms with E-state index in [1.54, 1.807) is 24.0 Å². The lowest BCUT2D eigenvalue weighted by atomic mass is 10.1. The summed E-state index contributed by atoms with van der Waals surface area (Å²) in [5.41, 5.74) is -0.770. The van der Waals surface area contributed by atoms with Crippen molar-refractivity contribution in [2.45, 2.75) is 30.8 Å². The van der Waals surface area contributed by atoms with E-state index in [4.69, 9.17) is 11.6 Å². The predicted octanol–water partition coefficient (Wildman–Crippen LogP) is 2.91. The second-order valence-corrected chi connectivity index (χ2v) is 8.79. The molecule has 0 atom stereocenters. The summed E-state index contributed by atoms with van der Waals surface area (Å²) < 4.78 is 30.0. The first kappa shape index (κ1) is 25.7. The quantitative estimate of drug-likeness (QED) is 0.417. The lowest BCUT2D eigenvalue weighted by Crippen LogP contribution is -2.40. The van der Waals surface area contributed by atoms with Gasteiger partial charge in [-0.1, -0.05) is 30.7 Å². The fourth-order valence-electron chi connectivity index (χ4n) is 3.06. The van der Waals surface area contributed by atoms with Crippen molar-refractivity contribution < 1.29 is 18.8 Å². The van der Waals surface area contributed by atoms with Crippen LogP contribution in [-0.2, 0) is 17.9 Å². The monoisotopic (exact) mass is 512 g/mol. The van der Waals surface area contributed by atoms with Crippen LogP contribution in [-0.4, -0.2) is 55.5 Å². The van der Waals surface area contributed by atoms with Crippen LogP contribution in [0.3, 0.4) is 0 Å². The number of nitrogens with one attached hydrogen (secondary N) is 2. The van der Waals surface area contributed by atoms with Crippen molar-refractivity contribution in [2.75, 3.05) is 24.2 Å². The first-order valence-electron chi connectivity index (χ1n) is 10.3. The molecular formula is C21H23ClF2N6O3S. The highest BCUT2D eigenvalue weighted by molar-refractivity contribution is 7.99. The third-order valence-electron chi connectivity index (χ3n) is 4.71. The highest BCUT2D eigenvalue weighted by Gasteiger charge is 2.38. The molecule has 13 heteroatoms. The van der Waals surface area contributed by atoms with Crippen molar-refractivity contribution in [3.05, 3.63) is 69.7 Å². The van der Waals surface area contributed by atoms with Crippen molar-refractivity contribution in [1.82, 2.24) is 24.9 Å². The van der Waals surface area contributed by atoms with Crippen LogP contribution in [0, 0.1) is 0 Å². The molecule has 3 heterocycles. The Morgan fingerprint density at radius 3 is 2.91 bits per heavy atom. The number of pyridine rings is 1. The molecule has 34 heavy (non-hydrogen) atoms. The Balaban J connectivity index is 1.67. The van der Waals surface area contributed by atoms with Crippen LogP contribution in [0.25, 0.3) is 0 Å². The average molecular weight is 513 g/mol. The van der Waals surface area contributed by atoms with Crippen molar-refractivity contribution in [3.63, 3.8) is 0 Å². The largest absolute Gasteiger partial charge is 0.359 e. The number of halogens is 3. The Morgan fingerprint density at radius 1 is 1.38 bits per heavy atom. The predicted molar refractivity (Wildman–Crippen MR) is 125 cm³/mol. The van der Waals surface area contributed by atoms with E-state index in [2.05, 4.69) is 20.6 Å². The van der Waals surface area contributed by atoms with Gasteiger partial charge in [0, 0.05) is 11.1 Å². The minimum absolute atomic E-state index is 0.0837. The molecule has 182 valence electrons. The molecule has 3 rings (SSSR count). The number of nitrogens with zero attached hydrogens (tertiary/aromatic N) is 4. The number of allylic oxidation sites excluding steroid dienone is 2. The van der Waals surface area contributed by atoms with Gasteiger partial charge in [-0.25, -0.2) is 4.98 Å². The van der Waals surface area contributed by atoms with Crippen LogP contribution >= 0.6 is 23.4 Å². The number of rotatable bonds is 10. The Bertz CT molecular complexity index is 1160. The van der Waals surface area contributed by atoms with Gasteiger partial charge in [0.25, 0.3) is 5.56 Å². The van der Waals surface area contributed by atoms with Crippen molar-refractivity contribution >= 4 is 35.1 Å². The number of aromatic nitrogens is 3. The highest BCUT2D eigenvalue weighted by atomic mass is 35.5. The maximum Gasteiger partial charge on any atom is 0.306 e. The number of carbonyl (C=O) groups excluding carboxylic acids is 1. The van der Waals surface area contributed by atoms with Crippen molar-refractivity contribution in [3.8, 4) is 0 Å². The third-order valence-corrected chi connectivity index (χ3v) is 5.98. The highest BCUT2D eigenvalue weighted by Crippen LogP contribution is 2.28. The smallest absolute Gasteiger partial charge is 0.306 e. The summed E-state index contributed by atoms with van der Waals surface area (Å²) in [6.07, 6.45) is 6.70. The van der Waals surface area contributed by atoms with Gasteiger partial charge in [-0.3, -0.25) is 29.4 Å². The molecule has 0 saturated carbocycles. The maximum atomic E-state index is 14.5. The number of hydrogen-bond donors (Lipinski definition) is 3. The SMILES string of the molecule is CCSc1cccnc1CNC(=O)Cn1c(Cl)cnc(NCC(F)(F)C2=CC=CCN2O)c1=O. The first-order valence-corrected chi connectivity index (χ1v) is 11.6. The van der Waals surface area contributed by atoms with Gasteiger partial charge in [0.15, 0.2) is 5.82 Å². The minimum atomic E-state index is -3.49. The van der Waals surface area contributed by atoms with Gasteiger partial charge in [0.05, 0.1) is 31.5 Å². The summed E-state index contributed by atoms with van der Waals surface area (Å²) >= 11 is 7.62. The van der Waals surface area contributed by atoms with E-state index < -0.39 is 42.0 Å². The molecule has 0 spiro atoms. The van der Waals surface area contributed by atoms with E-state index in [9.17, 15) is 23.6 Å². The molecule has 0 aromatic carbocycles. The fourth-order valence-corrected chi connectivity index (χ4v) is 4.02. The number of anilines is 1. The van der Waals surface area contributed by atoms with E-state index >= 15 is 0 Å². The zero-order valence-electron chi connectivity index (χ0n) is 18.2. The average Bonchev–Trinajstić information content (AvgIpc) is 2.81. The lowest BCUT2D eigenvalue weighted by Gasteiger charge is -2.28. The van der Waals surface area contributed by atoms with Gasteiger partial charge >= 0.3 is 5.92 Å². The summed E-state index contributed by atoms with van der Waals surface area (Å²) in [5, 5.41) is 14.9.